The third-order valence-electron chi connectivity index (χ3n) is 4.60. The van der Waals surface area contributed by atoms with E-state index in [-0.39, 0.29) is 38.9 Å². The molecule has 2 heterocycles. The summed E-state index contributed by atoms with van der Waals surface area (Å²) in [5, 5.41) is 4.29. The molecule has 0 aliphatic rings. The van der Waals surface area contributed by atoms with Crippen molar-refractivity contribution in [3.05, 3.63) is 62.9 Å². The van der Waals surface area contributed by atoms with Crippen LogP contribution in [0.25, 0.3) is 28.0 Å². The molecule has 0 aliphatic heterocycles. The lowest BCUT2D eigenvalue weighted by Crippen LogP contribution is -2.19. The van der Waals surface area contributed by atoms with Crippen LogP contribution in [0.3, 0.4) is 0 Å². The fourth-order valence-electron chi connectivity index (χ4n) is 3.47. The molecular formula is C19H14ClF3N4O2. The Morgan fingerprint density at radius 1 is 1.07 bits per heavy atom. The average Bonchev–Trinajstić information content (AvgIpc) is 3.09. The molecule has 0 saturated heterocycles. The molecule has 2 aromatic carbocycles. The summed E-state index contributed by atoms with van der Waals surface area (Å²) in [5.74, 6) is -2.59. The maximum Gasteiger partial charge on any atom is 0.332 e. The Kier molecular flexibility index (Phi) is 4.42. The number of aromatic nitrogens is 4. The van der Waals surface area contributed by atoms with E-state index >= 15 is 0 Å². The lowest BCUT2D eigenvalue weighted by atomic mass is 10.0. The SMILES string of the molecule is COc1cc(F)c(-c2c(C)nn(C)c2-n2c(=O)[nH]c3cc(Cl)cc(F)c32)c(F)c1. The monoisotopic (exact) mass is 422 g/mol. The zero-order chi connectivity index (χ0) is 21.0. The molecule has 0 saturated carbocycles. The molecule has 1 N–H and O–H groups in total. The van der Waals surface area contributed by atoms with E-state index in [1.807, 2.05) is 0 Å². The summed E-state index contributed by atoms with van der Waals surface area (Å²) in [4.78, 5) is 15.2. The highest BCUT2D eigenvalue weighted by Gasteiger charge is 2.27. The minimum absolute atomic E-state index is 0.00272. The molecule has 0 unspecified atom stereocenters. The van der Waals surface area contributed by atoms with Crippen LogP contribution in [0.1, 0.15) is 5.69 Å². The number of benzene rings is 2. The van der Waals surface area contributed by atoms with E-state index < -0.39 is 28.7 Å². The van der Waals surface area contributed by atoms with Crippen LogP contribution >= 0.6 is 11.6 Å². The van der Waals surface area contributed by atoms with Crippen LogP contribution in [-0.2, 0) is 7.05 Å². The van der Waals surface area contributed by atoms with Gasteiger partial charge in [-0.2, -0.15) is 5.10 Å². The molecule has 10 heteroatoms. The third-order valence-corrected chi connectivity index (χ3v) is 4.82. The van der Waals surface area contributed by atoms with E-state index in [1.165, 1.54) is 31.8 Å². The summed E-state index contributed by atoms with van der Waals surface area (Å²) in [5.41, 5.74) is -0.816. The first-order valence-corrected chi connectivity index (χ1v) is 8.78. The van der Waals surface area contributed by atoms with E-state index in [0.29, 0.717) is 0 Å². The van der Waals surface area contributed by atoms with Crippen LogP contribution in [-0.4, -0.2) is 26.4 Å². The Hall–Kier alpha value is -3.20. The van der Waals surface area contributed by atoms with Gasteiger partial charge in [-0.1, -0.05) is 11.6 Å². The van der Waals surface area contributed by atoms with Crippen molar-refractivity contribution in [3.63, 3.8) is 0 Å². The van der Waals surface area contributed by atoms with Gasteiger partial charge in [0.1, 0.15) is 28.7 Å². The molecule has 4 rings (SSSR count). The molecule has 0 bridgehead atoms. The predicted octanol–water partition coefficient (Wildman–Crippen LogP) is 4.11. The standard InChI is InChI=1S/C19H14ClF3N4O2/c1-8-15(16-11(21)6-10(29-3)7-12(16)22)18(26(2)25-8)27-17-13(23)4-9(20)5-14(17)24-19(27)28/h4-7H,1-3H3,(H,24,28). The molecule has 0 amide bonds. The van der Waals surface area contributed by atoms with Gasteiger partial charge in [0, 0.05) is 24.2 Å². The van der Waals surface area contributed by atoms with Crippen LogP contribution in [0.2, 0.25) is 5.02 Å². The number of methoxy groups -OCH3 is 1. The van der Waals surface area contributed by atoms with Gasteiger partial charge < -0.3 is 9.72 Å². The first-order valence-electron chi connectivity index (χ1n) is 8.40. The van der Waals surface area contributed by atoms with Gasteiger partial charge in [0.2, 0.25) is 0 Å². The Balaban J connectivity index is 2.12. The molecule has 2 aromatic heterocycles. The van der Waals surface area contributed by atoms with E-state index in [0.717, 1.165) is 22.8 Å². The summed E-state index contributed by atoms with van der Waals surface area (Å²) in [6.45, 7) is 1.54. The number of hydrogen-bond acceptors (Lipinski definition) is 3. The fraction of sp³-hybridized carbons (Fsp3) is 0.158. The highest BCUT2D eigenvalue weighted by molar-refractivity contribution is 6.31. The fourth-order valence-corrected chi connectivity index (χ4v) is 3.67. The molecule has 0 atom stereocenters. The van der Waals surface area contributed by atoms with E-state index in [9.17, 15) is 18.0 Å². The first-order chi connectivity index (χ1) is 13.7. The maximum absolute atomic E-state index is 14.8. The van der Waals surface area contributed by atoms with Crippen molar-refractivity contribution in [2.75, 3.05) is 7.11 Å². The topological polar surface area (TPSA) is 64.8 Å². The summed E-state index contributed by atoms with van der Waals surface area (Å²) in [6.07, 6.45) is 0. The lowest BCUT2D eigenvalue weighted by Gasteiger charge is -2.11. The van der Waals surface area contributed by atoms with Crippen molar-refractivity contribution >= 4 is 22.6 Å². The highest BCUT2D eigenvalue weighted by atomic mass is 35.5. The van der Waals surface area contributed by atoms with Gasteiger partial charge in [0.25, 0.3) is 0 Å². The van der Waals surface area contributed by atoms with Crippen molar-refractivity contribution in [3.8, 4) is 22.7 Å². The summed E-state index contributed by atoms with van der Waals surface area (Å²) in [7, 11) is 2.78. The summed E-state index contributed by atoms with van der Waals surface area (Å²) in [6, 6.07) is 4.47. The Morgan fingerprint density at radius 3 is 2.34 bits per heavy atom. The van der Waals surface area contributed by atoms with E-state index in [2.05, 4.69) is 10.1 Å². The van der Waals surface area contributed by atoms with Gasteiger partial charge in [-0.3, -0.25) is 4.68 Å². The van der Waals surface area contributed by atoms with E-state index in [4.69, 9.17) is 16.3 Å². The van der Waals surface area contributed by atoms with Gasteiger partial charge in [-0.15, -0.1) is 0 Å². The number of rotatable bonds is 3. The number of hydrogen-bond donors (Lipinski definition) is 1. The highest BCUT2D eigenvalue weighted by Crippen LogP contribution is 2.36. The van der Waals surface area contributed by atoms with Crippen molar-refractivity contribution in [2.45, 2.75) is 6.92 Å². The second-order valence-corrected chi connectivity index (χ2v) is 6.86. The van der Waals surface area contributed by atoms with Crippen LogP contribution < -0.4 is 10.4 Å². The molecule has 0 radical (unpaired) electrons. The van der Waals surface area contributed by atoms with Crippen molar-refractivity contribution in [1.82, 2.24) is 19.3 Å². The Morgan fingerprint density at radius 2 is 1.72 bits per heavy atom. The van der Waals surface area contributed by atoms with Crippen LogP contribution in [0.5, 0.6) is 5.75 Å². The Labute approximate surface area is 167 Å². The van der Waals surface area contributed by atoms with Crippen LogP contribution in [0.15, 0.2) is 29.1 Å². The second kappa shape index (κ2) is 6.70. The molecule has 0 aliphatic carbocycles. The third kappa shape index (κ3) is 2.89. The minimum Gasteiger partial charge on any atom is -0.497 e. The van der Waals surface area contributed by atoms with Crippen molar-refractivity contribution < 1.29 is 17.9 Å². The molecule has 6 nitrogen and oxygen atoms in total. The predicted molar refractivity (Wildman–Crippen MR) is 102 cm³/mol. The molecule has 29 heavy (non-hydrogen) atoms. The number of imidazole rings is 1. The van der Waals surface area contributed by atoms with Crippen LogP contribution in [0, 0.1) is 24.4 Å². The first kappa shape index (κ1) is 19.1. The maximum atomic E-state index is 14.8. The largest absolute Gasteiger partial charge is 0.497 e. The number of ether oxygens (including phenoxy) is 1. The van der Waals surface area contributed by atoms with Crippen molar-refractivity contribution in [2.24, 2.45) is 7.05 Å². The summed E-state index contributed by atoms with van der Waals surface area (Å²) < 4.78 is 51.4. The molecule has 150 valence electrons. The number of fused-ring (bicyclic) bond motifs is 1. The number of aryl methyl sites for hydroxylation is 2. The average molecular weight is 423 g/mol. The number of H-pyrrole nitrogens is 1. The van der Waals surface area contributed by atoms with Gasteiger partial charge >= 0.3 is 5.69 Å². The minimum atomic E-state index is -0.907. The van der Waals surface area contributed by atoms with Crippen molar-refractivity contribution in [1.29, 1.82) is 0 Å². The second-order valence-electron chi connectivity index (χ2n) is 6.42. The molecule has 0 fully saturated rings. The normalized spacial score (nSPS) is 11.4. The number of nitrogens with zero attached hydrogens (tertiary/aromatic N) is 3. The number of nitrogens with one attached hydrogen (secondary N) is 1. The molecular weight excluding hydrogens is 409 g/mol. The number of halogens is 4. The summed E-state index contributed by atoms with van der Waals surface area (Å²) >= 11 is 5.86. The quantitative estimate of drug-likeness (QED) is 0.540. The Bertz CT molecular complexity index is 1320. The zero-order valence-corrected chi connectivity index (χ0v) is 16.2. The zero-order valence-electron chi connectivity index (χ0n) is 15.5. The van der Waals surface area contributed by atoms with E-state index in [1.54, 1.807) is 0 Å². The lowest BCUT2D eigenvalue weighted by molar-refractivity contribution is 0.407. The molecule has 0 spiro atoms. The van der Waals surface area contributed by atoms with Gasteiger partial charge in [0.15, 0.2) is 5.82 Å². The molecule has 4 aromatic rings. The van der Waals surface area contributed by atoms with Crippen LogP contribution in [0.4, 0.5) is 13.2 Å². The van der Waals surface area contributed by atoms with Gasteiger partial charge in [-0.25, -0.2) is 22.5 Å². The van der Waals surface area contributed by atoms with Gasteiger partial charge in [-0.05, 0) is 19.1 Å². The van der Waals surface area contributed by atoms with Gasteiger partial charge in [0.05, 0.1) is 29.4 Å². The smallest absolute Gasteiger partial charge is 0.332 e. The number of aromatic amines is 1.